The Morgan fingerprint density at radius 3 is 2.72 bits per heavy atom. The van der Waals surface area contributed by atoms with E-state index >= 15 is 0 Å². The number of benzene rings is 1. The number of aliphatic carboxylic acids is 1. The highest BCUT2D eigenvalue weighted by Crippen LogP contribution is 2.30. The van der Waals surface area contributed by atoms with E-state index in [0.717, 1.165) is 24.8 Å². The van der Waals surface area contributed by atoms with E-state index in [2.05, 4.69) is 31.1 Å². The first-order chi connectivity index (χ1) is 12.0. The summed E-state index contributed by atoms with van der Waals surface area (Å²) in [7, 11) is 0. The number of rotatable bonds is 9. The molecule has 0 fully saturated rings. The van der Waals surface area contributed by atoms with Crippen LogP contribution in [0.1, 0.15) is 31.7 Å². The highest BCUT2D eigenvalue weighted by molar-refractivity contribution is 5.68. The topological polar surface area (TPSA) is 49.8 Å². The van der Waals surface area contributed by atoms with E-state index < -0.39 is 5.97 Å². The molecule has 134 valence electrons. The summed E-state index contributed by atoms with van der Waals surface area (Å²) in [5.41, 5.74) is 2.39. The van der Waals surface area contributed by atoms with Crippen molar-refractivity contribution in [3.63, 3.8) is 0 Å². The lowest BCUT2D eigenvalue weighted by Crippen LogP contribution is -2.44. The van der Waals surface area contributed by atoms with Crippen molar-refractivity contribution in [3.8, 4) is 5.75 Å². The van der Waals surface area contributed by atoms with Crippen molar-refractivity contribution >= 4 is 5.97 Å². The summed E-state index contributed by atoms with van der Waals surface area (Å²) in [6, 6.07) is 8.30. The number of carbonyl (C=O) groups is 1. The molecule has 0 saturated heterocycles. The molecule has 1 aliphatic heterocycles. The largest absolute Gasteiger partial charge is 0.482 e. The Kier molecular flexibility index (Phi) is 7.02. The molecular weight excluding hydrogens is 314 g/mol. The second kappa shape index (κ2) is 9.23. The number of hydrogen-bond acceptors (Lipinski definition) is 3. The number of ether oxygens (including phenoxy) is 1. The molecule has 0 aromatic heterocycles. The van der Waals surface area contributed by atoms with Crippen LogP contribution in [-0.2, 0) is 11.3 Å². The van der Waals surface area contributed by atoms with Gasteiger partial charge in [0.05, 0.1) is 0 Å². The van der Waals surface area contributed by atoms with Crippen molar-refractivity contribution in [2.24, 2.45) is 0 Å². The first kappa shape index (κ1) is 19.0. The Hall–Kier alpha value is -2.33. The number of nitrogens with zero attached hydrogens (tertiary/aromatic N) is 1. The summed E-state index contributed by atoms with van der Waals surface area (Å²) in [5.74, 6) is -0.341. The van der Waals surface area contributed by atoms with Gasteiger partial charge in [0.1, 0.15) is 5.75 Å². The Labute approximate surface area is 150 Å². The fourth-order valence-corrected chi connectivity index (χ4v) is 3.40. The van der Waals surface area contributed by atoms with Crippen molar-refractivity contribution in [2.45, 2.75) is 44.8 Å². The average molecular weight is 341 g/mol. The maximum Gasteiger partial charge on any atom is 0.341 e. The maximum atomic E-state index is 10.8. The van der Waals surface area contributed by atoms with Crippen LogP contribution < -0.4 is 4.74 Å². The summed E-state index contributed by atoms with van der Waals surface area (Å²) >= 11 is 0. The second-order valence-corrected chi connectivity index (χ2v) is 6.45. The second-order valence-electron chi connectivity index (χ2n) is 6.45. The van der Waals surface area contributed by atoms with Crippen LogP contribution in [0.4, 0.5) is 0 Å². The zero-order chi connectivity index (χ0) is 18.2. The first-order valence-electron chi connectivity index (χ1n) is 8.62. The lowest BCUT2D eigenvalue weighted by Gasteiger charge is -2.40. The average Bonchev–Trinajstić information content (AvgIpc) is 2.57. The molecule has 4 heteroatoms. The fourth-order valence-electron chi connectivity index (χ4n) is 3.40. The summed E-state index contributed by atoms with van der Waals surface area (Å²) in [5, 5.41) is 8.87. The third kappa shape index (κ3) is 5.33. The van der Waals surface area contributed by atoms with Crippen molar-refractivity contribution in [1.29, 1.82) is 0 Å². The van der Waals surface area contributed by atoms with Gasteiger partial charge in [-0.1, -0.05) is 42.0 Å². The minimum absolute atomic E-state index is 0.281. The van der Waals surface area contributed by atoms with Crippen LogP contribution in [0.5, 0.6) is 5.75 Å². The van der Waals surface area contributed by atoms with Crippen LogP contribution in [0.15, 0.2) is 61.2 Å². The molecule has 1 heterocycles. The highest BCUT2D eigenvalue weighted by Gasteiger charge is 2.28. The van der Waals surface area contributed by atoms with Gasteiger partial charge in [-0.25, -0.2) is 4.79 Å². The molecule has 2 atom stereocenters. The van der Waals surface area contributed by atoms with Crippen LogP contribution in [0.2, 0.25) is 0 Å². The van der Waals surface area contributed by atoms with E-state index in [4.69, 9.17) is 9.84 Å². The SMILES string of the molecule is C=CC[C@H]1CC(C)=C[C@H](CC=C)N1Cc1ccccc1OCC(=O)O. The summed E-state index contributed by atoms with van der Waals surface area (Å²) in [6.07, 6.45) is 9.03. The molecule has 0 amide bonds. The van der Waals surface area contributed by atoms with E-state index in [1.807, 2.05) is 36.4 Å². The van der Waals surface area contributed by atoms with E-state index in [9.17, 15) is 4.79 Å². The molecule has 0 saturated carbocycles. The van der Waals surface area contributed by atoms with Crippen LogP contribution in [0.25, 0.3) is 0 Å². The van der Waals surface area contributed by atoms with Gasteiger partial charge in [0, 0.05) is 24.2 Å². The van der Waals surface area contributed by atoms with E-state index in [1.165, 1.54) is 5.57 Å². The number of para-hydroxylation sites is 1. The standard InChI is InChI=1S/C21H27NO3/c1-4-8-18-12-16(3)13-19(9-5-2)22(18)14-17-10-6-7-11-20(17)25-15-21(23)24/h4-7,10-12,18-19H,1-2,8-9,13-15H2,3H3,(H,23,24)/t18-,19-/m0/s1. The van der Waals surface area contributed by atoms with Crippen LogP contribution >= 0.6 is 0 Å². The molecule has 1 aromatic rings. The van der Waals surface area contributed by atoms with Crippen LogP contribution in [0.3, 0.4) is 0 Å². The van der Waals surface area contributed by atoms with Gasteiger partial charge in [-0.15, -0.1) is 13.2 Å². The Balaban J connectivity index is 2.26. The lowest BCUT2D eigenvalue weighted by atomic mass is 9.92. The third-order valence-electron chi connectivity index (χ3n) is 4.45. The Morgan fingerprint density at radius 2 is 2.04 bits per heavy atom. The first-order valence-corrected chi connectivity index (χ1v) is 8.62. The minimum Gasteiger partial charge on any atom is -0.482 e. The van der Waals surface area contributed by atoms with E-state index in [0.29, 0.717) is 18.3 Å². The van der Waals surface area contributed by atoms with Crippen molar-refractivity contribution in [3.05, 3.63) is 66.8 Å². The molecule has 0 unspecified atom stereocenters. The molecule has 0 bridgehead atoms. The Morgan fingerprint density at radius 1 is 1.32 bits per heavy atom. The lowest BCUT2D eigenvalue weighted by molar-refractivity contribution is -0.139. The maximum absolute atomic E-state index is 10.8. The van der Waals surface area contributed by atoms with Gasteiger partial charge >= 0.3 is 5.97 Å². The van der Waals surface area contributed by atoms with Gasteiger partial charge in [0.2, 0.25) is 0 Å². The molecule has 1 aromatic carbocycles. The zero-order valence-electron chi connectivity index (χ0n) is 14.9. The van der Waals surface area contributed by atoms with Crippen molar-refractivity contribution in [2.75, 3.05) is 6.61 Å². The smallest absolute Gasteiger partial charge is 0.341 e. The molecule has 2 rings (SSSR count). The van der Waals surface area contributed by atoms with E-state index in [1.54, 1.807) is 0 Å². The van der Waals surface area contributed by atoms with Crippen molar-refractivity contribution in [1.82, 2.24) is 4.90 Å². The highest BCUT2D eigenvalue weighted by atomic mass is 16.5. The van der Waals surface area contributed by atoms with Gasteiger partial charge in [-0.3, -0.25) is 4.90 Å². The quantitative estimate of drug-likeness (QED) is 0.684. The molecule has 4 nitrogen and oxygen atoms in total. The molecular formula is C21H27NO3. The number of carboxylic acids is 1. The predicted octanol–water partition coefficient (Wildman–Crippen LogP) is 4.19. The van der Waals surface area contributed by atoms with E-state index in [-0.39, 0.29) is 12.6 Å². The summed E-state index contributed by atoms with van der Waals surface area (Å²) < 4.78 is 5.47. The Bertz CT molecular complexity index is 650. The monoisotopic (exact) mass is 341 g/mol. The molecule has 1 aliphatic rings. The van der Waals surface area contributed by atoms with Gasteiger partial charge in [-0.05, 0) is 32.3 Å². The molecule has 0 radical (unpaired) electrons. The predicted molar refractivity (Wildman–Crippen MR) is 101 cm³/mol. The fraction of sp³-hybridized carbons (Fsp3) is 0.381. The normalized spacial score (nSPS) is 20.6. The van der Waals surface area contributed by atoms with Crippen LogP contribution in [-0.4, -0.2) is 34.7 Å². The van der Waals surface area contributed by atoms with Gasteiger partial charge < -0.3 is 9.84 Å². The number of carboxylic acid groups (broad SMARTS) is 1. The zero-order valence-corrected chi connectivity index (χ0v) is 14.9. The molecule has 0 spiro atoms. The number of hydrogen-bond donors (Lipinski definition) is 1. The molecule has 25 heavy (non-hydrogen) atoms. The van der Waals surface area contributed by atoms with Gasteiger partial charge in [-0.2, -0.15) is 0 Å². The minimum atomic E-state index is -0.972. The van der Waals surface area contributed by atoms with Gasteiger partial charge in [0.15, 0.2) is 6.61 Å². The third-order valence-corrected chi connectivity index (χ3v) is 4.45. The summed E-state index contributed by atoms with van der Waals surface area (Å²) in [4.78, 5) is 13.3. The van der Waals surface area contributed by atoms with Gasteiger partial charge in [0.25, 0.3) is 0 Å². The van der Waals surface area contributed by atoms with Crippen LogP contribution in [0, 0.1) is 0 Å². The summed E-state index contributed by atoms with van der Waals surface area (Å²) in [6.45, 7) is 10.3. The van der Waals surface area contributed by atoms with Crippen molar-refractivity contribution < 1.29 is 14.6 Å². The molecule has 0 aliphatic carbocycles. The molecule has 1 N–H and O–H groups in total.